The van der Waals surface area contributed by atoms with Gasteiger partial charge in [-0.1, -0.05) is 18.6 Å². The van der Waals surface area contributed by atoms with E-state index >= 15 is 0 Å². The van der Waals surface area contributed by atoms with Crippen LogP contribution < -0.4 is 0 Å². The second-order valence-corrected chi connectivity index (χ2v) is 11.0. The number of ether oxygens (including phenoxy) is 2. The lowest BCUT2D eigenvalue weighted by Gasteiger charge is -2.58. The summed E-state index contributed by atoms with van der Waals surface area (Å²) in [7, 11) is 1.77. The molecule has 0 aromatic rings. The smallest absolute Gasteiger partial charge is 0.177 e. The average molecular weight is 381 g/mol. The number of rotatable bonds is 2. The highest BCUT2D eigenvalue weighted by Crippen LogP contribution is 2.81. The summed E-state index contributed by atoms with van der Waals surface area (Å²) in [5, 5.41) is 0. The maximum atomic E-state index is 12.1. The van der Waals surface area contributed by atoms with E-state index in [1.165, 1.54) is 32.1 Å². The minimum atomic E-state index is -0.153. The number of hydrogen-bond donors (Lipinski definition) is 0. The van der Waals surface area contributed by atoms with Crippen LogP contribution in [0.4, 0.5) is 0 Å². The van der Waals surface area contributed by atoms with Crippen LogP contribution in [0.5, 0.6) is 0 Å². The van der Waals surface area contributed by atoms with Crippen LogP contribution >= 0.6 is 0 Å². The van der Waals surface area contributed by atoms with Gasteiger partial charge in [-0.15, -0.1) is 0 Å². The maximum Gasteiger partial charge on any atom is 0.177 e. The van der Waals surface area contributed by atoms with E-state index in [1.54, 1.807) is 12.7 Å². The van der Waals surface area contributed by atoms with Crippen LogP contribution in [0.3, 0.4) is 0 Å². The van der Waals surface area contributed by atoms with E-state index in [9.17, 15) is 4.79 Å². The predicted molar refractivity (Wildman–Crippen MR) is 105 cm³/mol. The number of methoxy groups -OCH3 is 1. The van der Waals surface area contributed by atoms with Gasteiger partial charge < -0.3 is 9.47 Å². The third kappa shape index (κ3) is 1.75. The number of hydrogen-bond acceptors (Lipinski definition) is 3. The Labute approximate surface area is 167 Å². The van der Waals surface area contributed by atoms with Crippen molar-refractivity contribution in [2.75, 3.05) is 7.11 Å². The summed E-state index contributed by atoms with van der Waals surface area (Å²) in [6.45, 7) is 2.43. The first-order valence-corrected chi connectivity index (χ1v) is 11.8. The zero-order valence-electron chi connectivity index (χ0n) is 17.1. The minimum absolute atomic E-state index is 0.0637. The Morgan fingerprint density at radius 3 is 2.86 bits per heavy atom. The number of carbonyl (C=O) groups is 1. The summed E-state index contributed by atoms with van der Waals surface area (Å²) in [6, 6.07) is 0. The molecule has 11 atom stereocenters. The van der Waals surface area contributed by atoms with Crippen molar-refractivity contribution in [1.29, 1.82) is 0 Å². The van der Waals surface area contributed by atoms with Crippen LogP contribution in [-0.2, 0) is 14.3 Å². The number of ketones is 1. The molecule has 6 aliphatic carbocycles. The third-order valence-electron chi connectivity index (χ3n) is 10.5. The summed E-state index contributed by atoms with van der Waals surface area (Å²) in [5.74, 6) is 6.82. The molecule has 5 fully saturated rings. The van der Waals surface area contributed by atoms with Crippen molar-refractivity contribution in [3.05, 3.63) is 23.8 Å². The Bertz CT molecular complexity index is 813. The lowest BCUT2D eigenvalue weighted by atomic mass is 9.48. The van der Waals surface area contributed by atoms with Gasteiger partial charge in [0.25, 0.3) is 0 Å². The summed E-state index contributed by atoms with van der Waals surface area (Å²) >= 11 is 0. The van der Waals surface area contributed by atoms with E-state index in [0.29, 0.717) is 17.1 Å². The largest absolute Gasteiger partial charge is 0.352 e. The van der Waals surface area contributed by atoms with Crippen molar-refractivity contribution < 1.29 is 14.3 Å². The molecule has 0 bridgehead atoms. The van der Waals surface area contributed by atoms with E-state index in [1.807, 2.05) is 0 Å². The Kier molecular flexibility index (Phi) is 3.13. The first-order chi connectivity index (χ1) is 13.6. The molecule has 3 nitrogen and oxygen atoms in total. The second-order valence-electron chi connectivity index (χ2n) is 11.0. The summed E-state index contributed by atoms with van der Waals surface area (Å²) in [5.41, 5.74) is 1.82. The summed E-state index contributed by atoms with van der Waals surface area (Å²) in [4.78, 5) is 12.1. The fourth-order valence-electron chi connectivity index (χ4n) is 9.59. The van der Waals surface area contributed by atoms with Crippen LogP contribution in [0.2, 0.25) is 0 Å². The molecule has 7 rings (SSSR count). The lowest BCUT2D eigenvalue weighted by molar-refractivity contribution is -0.211. The maximum absolute atomic E-state index is 12.1. The predicted octanol–water partition coefficient (Wildman–Crippen LogP) is 4.53. The Hall–Kier alpha value is -0.930. The first kappa shape index (κ1) is 16.8. The van der Waals surface area contributed by atoms with Crippen molar-refractivity contribution >= 4 is 5.78 Å². The fraction of sp³-hybridized carbons (Fsp3) is 0.800. The summed E-state index contributed by atoms with van der Waals surface area (Å²) in [6.07, 6.45) is 15.1. The molecule has 0 N–H and O–H groups in total. The zero-order chi connectivity index (χ0) is 18.8. The Morgan fingerprint density at radius 2 is 2.07 bits per heavy atom. The standard InChI is InChI=1S/C25H32O3/c1-3-24-8-6-15-14-5-4-13(26)10-16(14)17-11-18(17)22(15)23(24)19-12-20(19)25(24)9-7-21(27-2)28-25/h7,9-10,14-15,17-23H,3-6,8,11-12H2,1-2H3/t14-,15?,17+,18+,19+,20-,21?,22?,23?,24+,25+/m1/s1. The van der Waals surface area contributed by atoms with Crippen molar-refractivity contribution in [2.45, 2.75) is 63.8 Å². The van der Waals surface area contributed by atoms with E-state index in [0.717, 1.165) is 54.3 Å². The molecule has 1 aliphatic heterocycles. The van der Waals surface area contributed by atoms with E-state index in [4.69, 9.17) is 9.47 Å². The quantitative estimate of drug-likeness (QED) is 0.661. The molecule has 1 spiro atoms. The highest BCUT2D eigenvalue weighted by Gasteiger charge is 2.79. The molecule has 0 amide bonds. The molecule has 3 heteroatoms. The molecule has 5 saturated carbocycles. The third-order valence-corrected chi connectivity index (χ3v) is 10.5. The molecular weight excluding hydrogens is 348 g/mol. The van der Waals surface area contributed by atoms with Crippen LogP contribution in [-0.4, -0.2) is 24.8 Å². The summed E-state index contributed by atoms with van der Waals surface area (Å²) < 4.78 is 12.3. The normalized spacial score (nSPS) is 59.9. The molecule has 1 heterocycles. The SMILES string of the molecule is CC[C@]12CCC3C(C1[C@H]1C[C@H]1[C@@]21C=CC(OC)O1)[C@H]1C[C@H]1C1=CC(=O)CC[C@@H]13. The molecule has 0 aromatic heterocycles. The lowest BCUT2D eigenvalue weighted by Crippen LogP contribution is -2.57. The molecule has 28 heavy (non-hydrogen) atoms. The van der Waals surface area contributed by atoms with E-state index in [-0.39, 0.29) is 11.9 Å². The van der Waals surface area contributed by atoms with Crippen molar-refractivity contribution in [3.63, 3.8) is 0 Å². The Morgan fingerprint density at radius 1 is 1.18 bits per heavy atom. The van der Waals surface area contributed by atoms with Gasteiger partial charge in [0.2, 0.25) is 0 Å². The molecule has 0 radical (unpaired) electrons. The number of allylic oxidation sites excluding steroid dienone is 1. The van der Waals surface area contributed by atoms with Crippen molar-refractivity contribution in [2.24, 2.45) is 52.8 Å². The molecule has 0 saturated heterocycles. The van der Waals surface area contributed by atoms with Gasteiger partial charge >= 0.3 is 0 Å². The highest BCUT2D eigenvalue weighted by atomic mass is 16.7. The van der Waals surface area contributed by atoms with Crippen LogP contribution in [0.15, 0.2) is 23.8 Å². The van der Waals surface area contributed by atoms with Crippen LogP contribution in [0.1, 0.15) is 51.9 Å². The highest BCUT2D eigenvalue weighted by molar-refractivity contribution is 5.91. The number of carbonyl (C=O) groups excluding carboxylic acids is 1. The van der Waals surface area contributed by atoms with Crippen LogP contribution in [0, 0.1) is 52.8 Å². The van der Waals surface area contributed by atoms with Gasteiger partial charge in [0, 0.05) is 18.9 Å². The average Bonchev–Trinajstić information content (AvgIpc) is 3.62. The van der Waals surface area contributed by atoms with Gasteiger partial charge in [0.15, 0.2) is 12.1 Å². The van der Waals surface area contributed by atoms with Gasteiger partial charge in [0.1, 0.15) is 0 Å². The molecule has 150 valence electrons. The minimum Gasteiger partial charge on any atom is -0.352 e. The molecular formula is C25H32O3. The van der Waals surface area contributed by atoms with Gasteiger partial charge in [-0.3, -0.25) is 4.79 Å². The van der Waals surface area contributed by atoms with Gasteiger partial charge in [-0.2, -0.15) is 0 Å². The fourth-order valence-corrected chi connectivity index (χ4v) is 9.59. The molecule has 4 unspecified atom stereocenters. The Balaban J connectivity index is 1.30. The van der Waals surface area contributed by atoms with E-state index < -0.39 is 0 Å². The molecule has 7 aliphatic rings. The van der Waals surface area contributed by atoms with Crippen molar-refractivity contribution in [3.8, 4) is 0 Å². The van der Waals surface area contributed by atoms with Gasteiger partial charge in [0.05, 0.1) is 5.60 Å². The van der Waals surface area contributed by atoms with Crippen LogP contribution in [0.25, 0.3) is 0 Å². The van der Waals surface area contributed by atoms with E-state index in [2.05, 4.69) is 25.2 Å². The van der Waals surface area contributed by atoms with Gasteiger partial charge in [-0.05, 0) is 98.0 Å². The number of fused-ring (bicyclic) bond motifs is 12. The monoisotopic (exact) mass is 380 g/mol. The second kappa shape index (κ2) is 5.21. The van der Waals surface area contributed by atoms with Crippen molar-refractivity contribution in [1.82, 2.24) is 0 Å². The first-order valence-electron chi connectivity index (χ1n) is 11.8. The van der Waals surface area contributed by atoms with Gasteiger partial charge in [-0.25, -0.2) is 0 Å². The topological polar surface area (TPSA) is 35.5 Å². The zero-order valence-corrected chi connectivity index (χ0v) is 17.1. The molecule has 0 aromatic carbocycles.